The Kier molecular flexibility index (Phi) is 4.37. The van der Waals surface area contributed by atoms with Crippen LogP contribution in [0.4, 0.5) is 13.6 Å². The Balaban J connectivity index is 1.75. The lowest BCUT2D eigenvalue weighted by Crippen LogP contribution is -2.45. The molecule has 0 saturated carbocycles. The van der Waals surface area contributed by atoms with Crippen molar-refractivity contribution in [3.63, 3.8) is 0 Å². The van der Waals surface area contributed by atoms with Crippen LogP contribution in [0.5, 0.6) is 0 Å². The molecule has 2 heterocycles. The first-order valence-corrected chi connectivity index (χ1v) is 8.38. The molecule has 0 aliphatic carbocycles. The quantitative estimate of drug-likeness (QED) is 0.739. The number of carbonyl (C=O) groups is 1. The first kappa shape index (κ1) is 16.9. The van der Waals surface area contributed by atoms with Gasteiger partial charge in [0.25, 0.3) is 0 Å². The molecule has 2 atom stereocenters. The fourth-order valence-electron chi connectivity index (χ4n) is 3.57. The molecule has 5 heteroatoms. The molecular formula is C19H23F2NO2. The van der Waals surface area contributed by atoms with Gasteiger partial charge >= 0.3 is 6.09 Å². The summed E-state index contributed by atoms with van der Waals surface area (Å²) in [5, 5.41) is 0. The molecule has 3 nitrogen and oxygen atoms in total. The van der Waals surface area contributed by atoms with Crippen molar-refractivity contribution in [1.82, 2.24) is 4.90 Å². The van der Waals surface area contributed by atoms with Crippen LogP contribution in [0.2, 0.25) is 0 Å². The van der Waals surface area contributed by atoms with Crippen LogP contribution in [-0.4, -0.2) is 28.7 Å². The highest BCUT2D eigenvalue weighted by Gasteiger charge is 2.41. The second kappa shape index (κ2) is 6.19. The molecule has 0 radical (unpaired) electrons. The first-order valence-electron chi connectivity index (χ1n) is 8.38. The highest BCUT2D eigenvalue weighted by molar-refractivity contribution is 5.70. The number of ether oxygens (including phenoxy) is 1. The minimum absolute atomic E-state index is 0.00906. The van der Waals surface area contributed by atoms with Crippen LogP contribution in [0.15, 0.2) is 29.8 Å². The summed E-state index contributed by atoms with van der Waals surface area (Å²) >= 11 is 0. The molecular weight excluding hydrogens is 312 g/mol. The van der Waals surface area contributed by atoms with E-state index in [2.05, 4.69) is 0 Å². The van der Waals surface area contributed by atoms with Gasteiger partial charge < -0.3 is 4.74 Å². The van der Waals surface area contributed by atoms with Gasteiger partial charge in [0.2, 0.25) is 0 Å². The summed E-state index contributed by atoms with van der Waals surface area (Å²) in [5.41, 5.74) is 0.906. The van der Waals surface area contributed by atoms with Gasteiger partial charge in [0, 0.05) is 6.04 Å². The largest absolute Gasteiger partial charge is 0.444 e. The van der Waals surface area contributed by atoms with Gasteiger partial charge in [-0.15, -0.1) is 0 Å². The molecule has 1 aromatic carbocycles. The summed E-state index contributed by atoms with van der Waals surface area (Å²) in [5.74, 6) is -0.819. The smallest absolute Gasteiger partial charge is 0.411 e. The summed E-state index contributed by atoms with van der Waals surface area (Å²) < 4.78 is 32.7. The zero-order valence-electron chi connectivity index (χ0n) is 14.3. The van der Waals surface area contributed by atoms with Gasteiger partial charge in [0.05, 0.1) is 6.04 Å². The van der Waals surface area contributed by atoms with E-state index in [1.54, 1.807) is 4.90 Å². The van der Waals surface area contributed by atoms with Crippen molar-refractivity contribution < 1.29 is 18.3 Å². The molecule has 1 amide bonds. The van der Waals surface area contributed by atoms with Crippen LogP contribution in [0.1, 0.15) is 45.6 Å². The molecule has 24 heavy (non-hydrogen) atoms. The Labute approximate surface area is 141 Å². The third-order valence-electron chi connectivity index (χ3n) is 4.50. The Bertz CT molecular complexity index is 678. The van der Waals surface area contributed by atoms with Crippen molar-refractivity contribution in [3.8, 4) is 0 Å². The molecule has 2 unspecified atom stereocenters. The number of hydrogen-bond donors (Lipinski definition) is 0. The zero-order valence-corrected chi connectivity index (χ0v) is 14.3. The van der Waals surface area contributed by atoms with Crippen LogP contribution in [-0.2, 0) is 11.2 Å². The van der Waals surface area contributed by atoms with Gasteiger partial charge in [-0.05, 0) is 70.2 Å². The van der Waals surface area contributed by atoms with Gasteiger partial charge in [0.15, 0.2) is 0 Å². The topological polar surface area (TPSA) is 29.5 Å². The Hall–Kier alpha value is -1.91. The number of halogens is 2. The first-order chi connectivity index (χ1) is 11.2. The maximum atomic E-state index is 13.8. The molecule has 1 fully saturated rings. The second-order valence-electron chi connectivity index (χ2n) is 7.63. The van der Waals surface area contributed by atoms with E-state index < -0.39 is 11.4 Å². The van der Waals surface area contributed by atoms with Gasteiger partial charge in [-0.1, -0.05) is 11.6 Å². The number of benzene rings is 1. The molecule has 3 rings (SSSR count). The number of amides is 1. The third-order valence-corrected chi connectivity index (χ3v) is 4.50. The molecule has 130 valence electrons. The van der Waals surface area contributed by atoms with E-state index in [0.717, 1.165) is 30.5 Å². The van der Waals surface area contributed by atoms with Crippen LogP contribution in [0, 0.1) is 11.6 Å². The lowest BCUT2D eigenvalue weighted by Gasteiger charge is -2.35. The van der Waals surface area contributed by atoms with Crippen molar-refractivity contribution in [2.75, 3.05) is 0 Å². The van der Waals surface area contributed by atoms with Crippen molar-refractivity contribution in [1.29, 1.82) is 0 Å². The van der Waals surface area contributed by atoms with E-state index in [0.29, 0.717) is 18.4 Å². The van der Waals surface area contributed by atoms with Gasteiger partial charge in [-0.3, -0.25) is 4.90 Å². The fourth-order valence-corrected chi connectivity index (χ4v) is 3.57. The molecule has 2 bridgehead atoms. The minimum atomic E-state index is -0.523. The Morgan fingerprint density at radius 2 is 2.04 bits per heavy atom. The van der Waals surface area contributed by atoms with Crippen molar-refractivity contribution in [2.45, 2.75) is 64.1 Å². The fraction of sp³-hybridized carbons (Fsp3) is 0.526. The van der Waals surface area contributed by atoms with Gasteiger partial charge in [-0.25, -0.2) is 13.6 Å². The second-order valence-corrected chi connectivity index (χ2v) is 7.63. The molecule has 0 N–H and O–H groups in total. The number of rotatable bonds is 2. The summed E-state index contributed by atoms with van der Waals surface area (Å²) in [4.78, 5) is 14.2. The molecule has 1 saturated heterocycles. The van der Waals surface area contributed by atoms with Crippen LogP contribution < -0.4 is 0 Å². The standard InChI is InChI=1S/C19H23F2NO2/c1-19(2,3)24-18(23)22-15-5-6-16(22)10-12(9-15)8-13-11-14(20)4-7-17(13)21/h4,7,9,11,15-16H,5-6,8,10H2,1-3H3. The molecule has 0 spiro atoms. The third kappa shape index (κ3) is 3.60. The van der Waals surface area contributed by atoms with E-state index in [1.165, 1.54) is 6.07 Å². The molecule has 1 aromatic rings. The highest BCUT2D eigenvalue weighted by Crippen LogP contribution is 2.37. The molecule has 0 aromatic heterocycles. The molecule has 2 aliphatic rings. The van der Waals surface area contributed by atoms with E-state index >= 15 is 0 Å². The van der Waals surface area contributed by atoms with Crippen LogP contribution in [0.3, 0.4) is 0 Å². The summed E-state index contributed by atoms with van der Waals surface area (Å²) in [6.45, 7) is 5.56. The molecule has 2 aliphatic heterocycles. The lowest BCUT2D eigenvalue weighted by atomic mass is 9.95. The summed E-state index contributed by atoms with van der Waals surface area (Å²) in [6, 6.07) is 3.61. The summed E-state index contributed by atoms with van der Waals surface area (Å²) in [6.07, 6.45) is 4.61. The monoisotopic (exact) mass is 335 g/mol. The Morgan fingerprint density at radius 3 is 2.71 bits per heavy atom. The van der Waals surface area contributed by atoms with Crippen LogP contribution in [0.25, 0.3) is 0 Å². The number of fused-ring (bicyclic) bond motifs is 2. The average Bonchev–Trinajstić information content (AvgIpc) is 2.73. The average molecular weight is 335 g/mol. The Morgan fingerprint density at radius 1 is 1.29 bits per heavy atom. The summed E-state index contributed by atoms with van der Waals surface area (Å²) in [7, 11) is 0. The van der Waals surface area contributed by atoms with Crippen molar-refractivity contribution >= 4 is 6.09 Å². The SMILES string of the molecule is CC(C)(C)OC(=O)N1C2C=C(Cc3cc(F)ccc3F)CC1CC2. The van der Waals surface area contributed by atoms with Gasteiger partial charge in [0.1, 0.15) is 17.2 Å². The minimum Gasteiger partial charge on any atom is -0.444 e. The van der Waals surface area contributed by atoms with E-state index in [-0.39, 0.29) is 24.0 Å². The van der Waals surface area contributed by atoms with Gasteiger partial charge in [-0.2, -0.15) is 0 Å². The lowest BCUT2D eigenvalue weighted by molar-refractivity contribution is 0.0166. The van der Waals surface area contributed by atoms with E-state index in [9.17, 15) is 13.6 Å². The van der Waals surface area contributed by atoms with E-state index in [1.807, 2.05) is 26.8 Å². The van der Waals surface area contributed by atoms with E-state index in [4.69, 9.17) is 4.74 Å². The maximum Gasteiger partial charge on any atom is 0.411 e. The predicted octanol–water partition coefficient (Wildman–Crippen LogP) is 4.61. The zero-order chi connectivity index (χ0) is 17.5. The normalized spacial score (nSPS) is 23.2. The number of carbonyl (C=O) groups excluding carboxylic acids is 1. The van der Waals surface area contributed by atoms with Crippen LogP contribution >= 0.6 is 0 Å². The number of hydrogen-bond acceptors (Lipinski definition) is 2. The highest BCUT2D eigenvalue weighted by atomic mass is 19.1. The maximum absolute atomic E-state index is 13.8. The van der Waals surface area contributed by atoms with Crippen molar-refractivity contribution in [2.24, 2.45) is 0 Å². The number of nitrogens with zero attached hydrogens (tertiary/aromatic N) is 1. The van der Waals surface area contributed by atoms with Crippen molar-refractivity contribution in [3.05, 3.63) is 47.0 Å². The predicted molar refractivity (Wildman–Crippen MR) is 87.6 cm³/mol.